The van der Waals surface area contributed by atoms with E-state index in [-0.39, 0.29) is 29.1 Å². The summed E-state index contributed by atoms with van der Waals surface area (Å²) in [4.78, 5) is 18.4. The van der Waals surface area contributed by atoms with Crippen molar-refractivity contribution < 1.29 is 32.5 Å². The molecule has 0 fully saturated rings. The van der Waals surface area contributed by atoms with Crippen molar-refractivity contribution >= 4 is 40.5 Å². The van der Waals surface area contributed by atoms with Gasteiger partial charge in [0.15, 0.2) is 11.6 Å². The Kier molecular flexibility index (Phi) is 8.22. The van der Waals surface area contributed by atoms with Crippen molar-refractivity contribution in [2.75, 3.05) is 12.9 Å². The van der Waals surface area contributed by atoms with Crippen LogP contribution >= 0.6 is 11.8 Å². The topological polar surface area (TPSA) is 110 Å². The maximum atomic E-state index is 14.9. The molecule has 7 nitrogen and oxygen atoms in total. The average Bonchev–Trinajstić information content (AvgIpc) is 3.46. The van der Waals surface area contributed by atoms with Crippen molar-refractivity contribution in [3.63, 3.8) is 0 Å². The molecule has 0 spiro atoms. The molecule has 0 saturated carbocycles. The summed E-state index contributed by atoms with van der Waals surface area (Å²) in [6, 6.07) is 10.9. The molecule has 2 heterocycles. The zero-order valence-corrected chi connectivity index (χ0v) is 23.7. The Bertz CT molecular complexity index is 1740. The lowest BCUT2D eigenvalue weighted by Crippen LogP contribution is -2.35. The van der Waals surface area contributed by atoms with Gasteiger partial charge in [-0.3, -0.25) is 9.79 Å². The summed E-state index contributed by atoms with van der Waals surface area (Å²) in [6.45, 7) is 2.35. The number of H-pyrrole nitrogens is 1. The number of hydrogen-bond acceptors (Lipinski definition) is 6. The molecule has 1 aromatic heterocycles. The molecule has 0 aliphatic carbocycles. The van der Waals surface area contributed by atoms with Gasteiger partial charge in [-0.05, 0) is 55.9 Å². The number of aliphatic imine (C=N–C) groups is 1. The zero-order chi connectivity index (χ0) is 30.0. The molecule has 0 saturated heterocycles. The van der Waals surface area contributed by atoms with Gasteiger partial charge in [0.2, 0.25) is 5.82 Å². The van der Waals surface area contributed by atoms with Gasteiger partial charge >= 0.3 is 5.97 Å². The number of halogens is 3. The molecule has 42 heavy (non-hydrogen) atoms. The Morgan fingerprint density at radius 3 is 2.81 bits per heavy atom. The van der Waals surface area contributed by atoms with E-state index in [0.29, 0.717) is 41.2 Å². The maximum absolute atomic E-state index is 14.9. The van der Waals surface area contributed by atoms with Crippen molar-refractivity contribution in [1.29, 1.82) is 0 Å². The number of carboxylic acids is 1. The third kappa shape index (κ3) is 5.44. The summed E-state index contributed by atoms with van der Waals surface area (Å²) >= 11 is 1.20. The number of rotatable bonds is 9. The smallest absolute Gasteiger partial charge is 0.303 e. The number of nitrogens with zero attached hydrogens (tertiary/aromatic N) is 1. The van der Waals surface area contributed by atoms with Gasteiger partial charge in [-0.2, -0.15) is 4.39 Å². The number of aromatic nitrogens is 1. The first-order valence-electron chi connectivity index (χ1n) is 13.1. The fourth-order valence-electron chi connectivity index (χ4n) is 5.04. The van der Waals surface area contributed by atoms with Gasteiger partial charge in [0.1, 0.15) is 23.0 Å². The normalized spacial score (nSPS) is 16.9. The molecule has 5 rings (SSSR count). The third-order valence-electron chi connectivity index (χ3n) is 7.40. The van der Waals surface area contributed by atoms with Crippen LogP contribution < -0.4 is 15.2 Å². The number of carbonyl (C=O) groups is 1. The molecule has 4 aromatic rings. The SMILES string of the molecule is CSc1c(Oc2ccc(F)c(N=C/C=C(\N)C3(C)CCOc4c(CCC(=O)O)cccc43)c2)c(F)c(F)c2[nH]ccc12. The van der Waals surface area contributed by atoms with Crippen LogP contribution in [0.4, 0.5) is 18.9 Å². The number of benzene rings is 3. The van der Waals surface area contributed by atoms with Crippen LogP contribution in [-0.4, -0.2) is 35.1 Å². The summed E-state index contributed by atoms with van der Waals surface area (Å²) < 4.78 is 55.9. The molecule has 3 aromatic carbocycles. The third-order valence-corrected chi connectivity index (χ3v) is 8.22. The molecule has 1 aliphatic rings. The van der Waals surface area contributed by atoms with Crippen LogP contribution in [0, 0.1) is 17.5 Å². The molecule has 0 amide bonds. The monoisotopic (exact) mass is 595 g/mol. The number of ether oxygens (including phenoxy) is 2. The average molecular weight is 596 g/mol. The first kappa shape index (κ1) is 29.1. The second-order valence-electron chi connectivity index (χ2n) is 9.99. The first-order chi connectivity index (χ1) is 20.1. The van der Waals surface area contributed by atoms with Crippen LogP contribution in [0.2, 0.25) is 0 Å². The van der Waals surface area contributed by atoms with Crippen molar-refractivity contribution in [3.05, 3.63) is 89.0 Å². The molecule has 11 heteroatoms. The lowest BCUT2D eigenvalue weighted by molar-refractivity contribution is -0.136. The number of aliphatic carboxylic acids is 1. The number of thioether (sulfide) groups is 1. The maximum Gasteiger partial charge on any atom is 0.303 e. The number of allylic oxidation sites excluding steroid dienone is 2. The Morgan fingerprint density at radius 2 is 2.05 bits per heavy atom. The van der Waals surface area contributed by atoms with E-state index >= 15 is 0 Å². The number of aryl methyl sites for hydroxylation is 1. The van der Waals surface area contributed by atoms with Crippen molar-refractivity contribution in [2.24, 2.45) is 10.7 Å². The fraction of sp³-hybridized carbons (Fsp3) is 0.226. The minimum absolute atomic E-state index is 0.0241. The number of aromatic amines is 1. The molecule has 0 bridgehead atoms. The highest BCUT2D eigenvalue weighted by molar-refractivity contribution is 7.99. The molecular weight excluding hydrogens is 567 g/mol. The quantitative estimate of drug-likeness (QED) is 0.137. The number of para-hydroxylation sites is 1. The van der Waals surface area contributed by atoms with Crippen LogP contribution in [0.1, 0.15) is 30.9 Å². The molecule has 1 atom stereocenters. The van der Waals surface area contributed by atoms with Gasteiger partial charge in [-0.15, -0.1) is 11.8 Å². The Morgan fingerprint density at radius 1 is 1.24 bits per heavy atom. The molecule has 0 radical (unpaired) electrons. The number of hydrogen-bond donors (Lipinski definition) is 3. The molecule has 4 N–H and O–H groups in total. The van der Waals surface area contributed by atoms with Crippen molar-refractivity contribution in [3.8, 4) is 17.2 Å². The summed E-state index contributed by atoms with van der Waals surface area (Å²) in [5.74, 6) is -3.37. The van der Waals surface area contributed by atoms with E-state index in [9.17, 15) is 18.0 Å². The van der Waals surface area contributed by atoms with E-state index < -0.39 is 28.8 Å². The van der Waals surface area contributed by atoms with E-state index in [1.807, 2.05) is 25.1 Å². The second kappa shape index (κ2) is 11.8. The molecule has 1 unspecified atom stereocenters. The highest BCUT2D eigenvalue weighted by Crippen LogP contribution is 2.44. The number of nitrogens with one attached hydrogen (secondary N) is 1. The van der Waals surface area contributed by atoms with Crippen LogP contribution in [0.5, 0.6) is 17.2 Å². The zero-order valence-electron chi connectivity index (χ0n) is 22.8. The van der Waals surface area contributed by atoms with Gasteiger partial charge in [-0.1, -0.05) is 18.2 Å². The van der Waals surface area contributed by atoms with Gasteiger partial charge in [-0.25, -0.2) is 8.78 Å². The summed E-state index contributed by atoms with van der Waals surface area (Å²) in [6.07, 6.45) is 7.05. The lowest BCUT2D eigenvalue weighted by Gasteiger charge is -2.37. The van der Waals surface area contributed by atoms with Gasteiger partial charge in [0.05, 0.1) is 17.0 Å². The standard InChI is InChI=1S/C31H28F3N3O4S/c1-31(12-15-40-28-17(6-9-24(38)39)4-3-5-20(28)31)23(35)11-14-36-22-16-18(7-8-21(22)32)41-29-26(34)25(33)27-19(10-13-37-27)30(29)42-2/h3-5,7-8,10-11,13-14,16,37H,6,9,12,15,35H2,1-2H3,(H,38,39)/b23-11-,36-14?. The number of nitrogens with two attached hydrogens (primary N) is 1. The molecule has 218 valence electrons. The van der Waals surface area contributed by atoms with Crippen LogP contribution in [0.15, 0.2) is 70.3 Å². The van der Waals surface area contributed by atoms with E-state index in [1.165, 1.54) is 36.3 Å². The molecule has 1 aliphatic heterocycles. The van der Waals surface area contributed by atoms with Crippen molar-refractivity contribution in [1.82, 2.24) is 4.98 Å². The number of carboxylic acid groups (broad SMARTS) is 1. The Hall–Kier alpha value is -4.38. The minimum atomic E-state index is -1.16. The summed E-state index contributed by atoms with van der Waals surface area (Å²) in [7, 11) is 0. The second-order valence-corrected chi connectivity index (χ2v) is 10.8. The van der Waals surface area contributed by atoms with Crippen LogP contribution in [-0.2, 0) is 16.6 Å². The fourth-order valence-corrected chi connectivity index (χ4v) is 5.75. The van der Waals surface area contributed by atoms with E-state index in [4.69, 9.17) is 20.3 Å². The van der Waals surface area contributed by atoms with Crippen LogP contribution in [0.3, 0.4) is 0 Å². The van der Waals surface area contributed by atoms with Crippen LogP contribution in [0.25, 0.3) is 10.9 Å². The minimum Gasteiger partial charge on any atom is -0.493 e. The van der Waals surface area contributed by atoms with Gasteiger partial charge < -0.3 is 25.3 Å². The highest BCUT2D eigenvalue weighted by Gasteiger charge is 2.36. The van der Waals surface area contributed by atoms with Gasteiger partial charge in [0, 0.05) is 47.0 Å². The Balaban J connectivity index is 1.41. The predicted molar refractivity (Wildman–Crippen MR) is 157 cm³/mol. The number of fused-ring (bicyclic) bond motifs is 2. The lowest BCUT2D eigenvalue weighted by atomic mass is 9.74. The first-order valence-corrected chi connectivity index (χ1v) is 14.3. The largest absolute Gasteiger partial charge is 0.493 e. The van der Waals surface area contributed by atoms with E-state index in [2.05, 4.69) is 9.98 Å². The van der Waals surface area contributed by atoms with E-state index in [1.54, 1.807) is 18.4 Å². The van der Waals surface area contributed by atoms with E-state index in [0.717, 1.165) is 17.2 Å². The Labute approximate surface area is 244 Å². The molecular formula is C31H28F3N3O4S. The highest BCUT2D eigenvalue weighted by atomic mass is 32.2. The van der Waals surface area contributed by atoms with Gasteiger partial charge in [0.25, 0.3) is 0 Å². The predicted octanol–water partition coefficient (Wildman–Crippen LogP) is 7.40. The summed E-state index contributed by atoms with van der Waals surface area (Å²) in [5, 5.41) is 9.56. The van der Waals surface area contributed by atoms with Crippen molar-refractivity contribution in [2.45, 2.75) is 36.5 Å². The summed E-state index contributed by atoms with van der Waals surface area (Å²) in [5.41, 5.74) is 7.93.